The molecule has 1 nitrogen and oxygen atoms in total. The van der Waals surface area contributed by atoms with Crippen LogP contribution in [-0.2, 0) is 6.54 Å². The Morgan fingerprint density at radius 1 is 0.789 bits per heavy atom. The Labute approximate surface area is 117 Å². The van der Waals surface area contributed by atoms with Crippen LogP contribution in [0.2, 0.25) is 5.02 Å². The van der Waals surface area contributed by atoms with Gasteiger partial charge in [-0.05, 0) is 40.6 Å². The van der Waals surface area contributed by atoms with E-state index in [1.165, 1.54) is 16.3 Å². The van der Waals surface area contributed by atoms with Gasteiger partial charge in [0.2, 0.25) is 0 Å². The summed E-state index contributed by atoms with van der Waals surface area (Å²) in [6.45, 7) is 0.777. The number of benzene rings is 3. The first-order chi connectivity index (χ1) is 9.31. The predicted molar refractivity (Wildman–Crippen MR) is 82.7 cm³/mol. The average molecular weight is 268 g/mol. The number of fused-ring (bicyclic) bond motifs is 1. The Bertz CT molecular complexity index is 706. The molecule has 3 aromatic carbocycles. The van der Waals surface area contributed by atoms with Gasteiger partial charge in [-0.25, -0.2) is 0 Å². The molecular weight excluding hydrogens is 254 g/mol. The first-order valence-corrected chi connectivity index (χ1v) is 6.66. The van der Waals surface area contributed by atoms with Crippen molar-refractivity contribution in [3.8, 4) is 0 Å². The van der Waals surface area contributed by atoms with Crippen LogP contribution in [0.25, 0.3) is 10.8 Å². The van der Waals surface area contributed by atoms with Crippen LogP contribution in [-0.4, -0.2) is 0 Å². The number of anilines is 1. The summed E-state index contributed by atoms with van der Waals surface area (Å²) in [4.78, 5) is 0. The van der Waals surface area contributed by atoms with Gasteiger partial charge in [-0.1, -0.05) is 54.1 Å². The van der Waals surface area contributed by atoms with Gasteiger partial charge in [0.05, 0.1) is 0 Å². The van der Waals surface area contributed by atoms with Crippen molar-refractivity contribution in [2.24, 2.45) is 0 Å². The van der Waals surface area contributed by atoms with Gasteiger partial charge in [0, 0.05) is 17.3 Å². The van der Waals surface area contributed by atoms with E-state index in [2.05, 4.69) is 53.8 Å². The molecule has 0 radical (unpaired) electrons. The maximum absolute atomic E-state index is 5.98. The van der Waals surface area contributed by atoms with E-state index in [9.17, 15) is 0 Å². The zero-order chi connectivity index (χ0) is 13.1. The van der Waals surface area contributed by atoms with E-state index < -0.39 is 0 Å². The topological polar surface area (TPSA) is 12.0 Å². The van der Waals surface area contributed by atoms with E-state index in [4.69, 9.17) is 11.6 Å². The first kappa shape index (κ1) is 12.1. The van der Waals surface area contributed by atoms with E-state index in [1.807, 2.05) is 18.2 Å². The molecule has 3 aromatic rings. The van der Waals surface area contributed by atoms with E-state index >= 15 is 0 Å². The van der Waals surface area contributed by atoms with Crippen molar-refractivity contribution in [3.05, 3.63) is 77.3 Å². The predicted octanol–water partition coefficient (Wildman–Crippen LogP) is 5.11. The lowest BCUT2D eigenvalue weighted by atomic mass is 10.1. The summed E-state index contributed by atoms with van der Waals surface area (Å²) >= 11 is 5.98. The molecule has 0 aliphatic rings. The highest BCUT2D eigenvalue weighted by molar-refractivity contribution is 6.30. The molecule has 19 heavy (non-hydrogen) atoms. The summed E-state index contributed by atoms with van der Waals surface area (Å²) in [6.07, 6.45) is 0. The third-order valence-corrected chi connectivity index (χ3v) is 3.37. The molecule has 0 atom stereocenters. The van der Waals surface area contributed by atoms with E-state index in [1.54, 1.807) is 0 Å². The quantitative estimate of drug-likeness (QED) is 0.696. The normalized spacial score (nSPS) is 10.6. The highest BCUT2D eigenvalue weighted by atomic mass is 35.5. The molecule has 2 heteroatoms. The van der Waals surface area contributed by atoms with Gasteiger partial charge in [-0.15, -0.1) is 0 Å². The second-order valence-corrected chi connectivity index (χ2v) is 4.98. The summed E-state index contributed by atoms with van der Waals surface area (Å²) < 4.78 is 0. The van der Waals surface area contributed by atoms with Crippen LogP contribution in [0.3, 0.4) is 0 Å². The highest BCUT2D eigenvalue weighted by Crippen LogP contribution is 2.19. The Balaban J connectivity index is 1.78. The Hall–Kier alpha value is -1.99. The number of hydrogen-bond donors (Lipinski definition) is 1. The minimum absolute atomic E-state index is 0.776. The summed E-state index contributed by atoms with van der Waals surface area (Å²) in [5, 5.41) is 6.71. The second kappa shape index (κ2) is 5.33. The van der Waals surface area contributed by atoms with Crippen molar-refractivity contribution >= 4 is 28.1 Å². The molecule has 3 rings (SSSR count). The van der Waals surface area contributed by atoms with Crippen LogP contribution < -0.4 is 5.32 Å². The average Bonchev–Trinajstić information content (AvgIpc) is 2.45. The van der Waals surface area contributed by atoms with Crippen LogP contribution in [0.5, 0.6) is 0 Å². The molecule has 0 aliphatic carbocycles. The third kappa shape index (κ3) is 2.88. The van der Waals surface area contributed by atoms with Crippen molar-refractivity contribution < 1.29 is 0 Å². The van der Waals surface area contributed by atoms with Gasteiger partial charge < -0.3 is 5.32 Å². The third-order valence-electron chi connectivity index (χ3n) is 3.14. The summed E-state index contributed by atoms with van der Waals surface area (Å²) in [7, 11) is 0. The molecule has 0 saturated carbocycles. The van der Waals surface area contributed by atoms with Crippen LogP contribution in [0, 0.1) is 0 Å². The molecule has 0 fully saturated rings. The van der Waals surface area contributed by atoms with Crippen molar-refractivity contribution in [1.82, 2.24) is 0 Å². The zero-order valence-electron chi connectivity index (χ0n) is 10.4. The van der Waals surface area contributed by atoms with Crippen LogP contribution in [0.15, 0.2) is 66.7 Å². The Kier molecular flexibility index (Phi) is 3.39. The van der Waals surface area contributed by atoms with E-state index in [0.29, 0.717) is 0 Å². The molecule has 94 valence electrons. The zero-order valence-corrected chi connectivity index (χ0v) is 11.2. The number of halogens is 1. The molecule has 1 N–H and O–H groups in total. The molecule has 0 bridgehead atoms. The molecule has 0 spiro atoms. The standard InChI is InChI=1S/C17H14ClN/c18-16-7-3-4-13(10-16)12-19-17-9-8-14-5-1-2-6-15(14)11-17/h1-11,19H,12H2. The lowest BCUT2D eigenvalue weighted by molar-refractivity contribution is 1.15. The van der Waals surface area contributed by atoms with Crippen molar-refractivity contribution in [2.45, 2.75) is 6.54 Å². The fraction of sp³-hybridized carbons (Fsp3) is 0.0588. The maximum atomic E-state index is 5.98. The van der Waals surface area contributed by atoms with Gasteiger partial charge in [0.15, 0.2) is 0 Å². The smallest absolute Gasteiger partial charge is 0.0409 e. The van der Waals surface area contributed by atoms with Crippen LogP contribution in [0.4, 0.5) is 5.69 Å². The molecule has 0 heterocycles. The van der Waals surface area contributed by atoms with Gasteiger partial charge in [0.1, 0.15) is 0 Å². The summed E-state index contributed by atoms with van der Waals surface area (Å²) in [6, 6.07) is 22.7. The monoisotopic (exact) mass is 267 g/mol. The van der Waals surface area contributed by atoms with Gasteiger partial charge in [0.25, 0.3) is 0 Å². The van der Waals surface area contributed by atoms with Crippen molar-refractivity contribution in [2.75, 3.05) is 5.32 Å². The fourth-order valence-corrected chi connectivity index (χ4v) is 2.36. The van der Waals surface area contributed by atoms with E-state index in [-0.39, 0.29) is 0 Å². The molecule has 0 unspecified atom stereocenters. The largest absolute Gasteiger partial charge is 0.381 e. The lowest BCUT2D eigenvalue weighted by Crippen LogP contribution is -1.98. The number of rotatable bonds is 3. The van der Waals surface area contributed by atoms with Crippen LogP contribution in [0.1, 0.15) is 5.56 Å². The Morgan fingerprint density at radius 3 is 2.47 bits per heavy atom. The summed E-state index contributed by atoms with van der Waals surface area (Å²) in [5.74, 6) is 0. The lowest BCUT2D eigenvalue weighted by Gasteiger charge is -2.08. The van der Waals surface area contributed by atoms with E-state index in [0.717, 1.165) is 17.3 Å². The van der Waals surface area contributed by atoms with Crippen LogP contribution >= 0.6 is 11.6 Å². The SMILES string of the molecule is Clc1cccc(CNc2ccc3ccccc3c2)c1. The number of nitrogens with one attached hydrogen (secondary N) is 1. The van der Waals surface area contributed by atoms with Crippen molar-refractivity contribution in [1.29, 1.82) is 0 Å². The maximum Gasteiger partial charge on any atom is 0.0409 e. The molecular formula is C17H14ClN. The van der Waals surface area contributed by atoms with Gasteiger partial charge >= 0.3 is 0 Å². The molecule has 0 aromatic heterocycles. The minimum atomic E-state index is 0.776. The molecule has 0 saturated heterocycles. The summed E-state index contributed by atoms with van der Waals surface area (Å²) in [5.41, 5.74) is 2.30. The van der Waals surface area contributed by atoms with Gasteiger partial charge in [-0.3, -0.25) is 0 Å². The first-order valence-electron chi connectivity index (χ1n) is 6.28. The minimum Gasteiger partial charge on any atom is -0.381 e. The second-order valence-electron chi connectivity index (χ2n) is 4.55. The molecule has 0 aliphatic heterocycles. The Morgan fingerprint density at radius 2 is 1.63 bits per heavy atom. The number of hydrogen-bond acceptors (Lipinski definition) is 1. The highest BCUT2D eigenvalue weighted by Gasteiger charge is 1.97. The molecule has 0 amide bonds. The van der Waals surface area contributed by atoms with Gasteiger partial charge in [-0.2, -0.15) is 0 Å². The van der Waals surface area contributed by atoms with Crippen molar-refractivity contribution in [3.63, 3.8) is 0 Å². The fourth-order valence-electron chi connectivity index (χ4n) is 2.15.